The van der Waals surface area contributed by atoms with Gasteiger partial charge in [0.05, 0.1) is 11.4 Å². The number of halogens is 2. The quantitative estimate of drug-likeness (QED) is 0.824. The molecule has 1 N–H and O–H groups in total. The molecule has 1 heterocycles. The van der Waals surface area contributed by atoms with E-state index in [4.69, 9.17) is 0 Å². The number of nitrogens with zero attached hydrogens (tertiary/aromatic N) is 2. The lowest BCUT2D eigenvalue weighted by Crippen LogP contribution is -3.00. The summed E-state index contributed by atoms with van der Waals surface area (Å²) in [7, 11) is 0. The Morgan fingerprint density at radius 1 is 1.05 bits per heavy atom. The minimum absolute atomic E-state index is 0. The van der Waals surface area contributed by atoms with Crippen LogP contribution in [0.25, 0.3) is 0 Å². The van der Waals surface area contributed by atoms with E-state index in [2.05, 4.69) is 10.3 Å². The molecule has 0 spiro atoms. The van der Waals surface area contributed by atoms with Gasteiger partial charge in [0.1, 0.15) is 12.4 Å². The van der Waals surface area contributed by atoms with E-state index in [-0.39, 0.29) is 30.7 Å². The molecule has 0 aliphatic carbocycles. The zero-order valence-corrected chi connectivity index (χ0v) is 11.7. The molecule has 0 atom stereocenters. The molecule has 0 fully saturated rings. The van der Waals surface area contributed by atoms with Gasteiger partial charge in [0.2, 0.25) is 5.96 Å². The third-order valence-corrected chi connectivity index (χ3v) is 2.96. The van der Waals surface area contributed by atoms with E-state index in [1.54, 1.807) is 18.2 Å². The van der Waals surface area contributed by atoms with Gasteiger partial charge in [0.25, 0.3) is 5.91 Å². The van der Waals surface area contributed by atoms with E-state index < -0.39 is 0 Å². The number of benzene rings is 2. The first-order valence-corrected chi connectivity index (χ1v) is 6.20. The van der Waals surface area contributed by atoms with Crippen molar-refractivity contribution in [3.8, 4) is 0 Å². The van der Waals surface area contributed by atoms with Crippen molar-refractivity contribution in [1.82, 2.24) is 0 Å². The van der Waals surface area contributed by atoms with Gasteiger partial charge in [-0.05, 0) is 24.3 Å². The van der Waals surface area contributed by atoms with Crippen molar-refractivity contribution in [2.24, 2.45) is 4.99 Å². The molecule has 0 radical (unpaired) electrons. The molecule has 4 nitrogen and oxygen atoms in total. The average molecular weight is 305 g/mol. The summed E-state index contributed by atoms with van der Waals surface area (Å²) >= 11 is 0. The second-order valence-electron chi connectivity index (χ2n) is 4.31. The highest BCUT2D eigenvalue weighted by molar-refractivity contribution is 6.24. The first-order chi connectivity index (χ1) is 9.75. The highest BCUT2D eigenvalue weighted by Crippen LogP contribution is 2.20. The normalized spacial score (nSPS) is 13.7. The lowest BCUT2D eigenvalue weighted by molar-refractivity contribution is -0.115. The van der Waals surface area contributed by atoms with E-state index >= 15 is 0 Å². The molecule has 21 heavy (non-hydrogen) atoms. The first-order valence-electron chi connectivity index (χ1n) is 6.20. The third-order valence-electron chi connectivity index (χ3n) is 2.96. The van der Waals surface area contributed by atoms with Crippen LogP contribution in [0.4, 0.5) is 15.8 Å². The average Bonchev–Trinajstić information content (AvgIpc) is 2.83. The Hall–Kier alpha value is -2.40. The van der Waals surface area contributed by atoms with Crippen LogP contribution in [-0.2, 0) is 4.79 Å². The summed E-state index contributed by atoms with van der Waals surface area (Å²) in [6, 6.07) is 15.4. The zero-order valence-electron chi connectivity index (χ0n) is 11.0. The zero-order chi connectivity index (χ0) is 13.9. The Morgan fingerprint density at radius 2 is 1.71 bits per heavy atom. The number of anilines is 2. The maximum Gasteiger partial charge on any atom is 0.255 e. The number of para-hydroxylation sites is 2. The van der Waals surface area contributed by atoms with Crippen LogP contribution in [0.5, 0.6) is 0 Å². The van der Waals surface area contributed by atoms with Crippen LogP contribution in [0.3, 0.4) is 0 Å². The molecule has 2 aromatic rings. The molecule has 0 saturated carbocycles. The molecular formula is C15H12ClFN3O-. The molecule has 1 aliphatic heterocycles. The first kappa shape index (κ1) is 15.0. The Labute approximate surface area is 127 Å². The summed E-state index contributed by atoms with van der Waals surface area (Å²) in [6.07, 6.45) is 0. The molecule has 1 amide bonds. The molecule has 3 rings (SSSR count). The fourth-order valence-electron chi connectivity index (χ4n) is 2.02. The van der Waals surface area contributed by atoms with Crippen LogP contribution < -0.4 is 22.6 Å². The van der Waals surface area contributed by atoms with Gasteiger partial charge >= 0.3 is 0 Å². The predicted molar refractivity (Wildman–Crippen MR) is 76.3 cm³/mol. The molecule has 108 valence electrons. The lowest BCUT2D eigenvalue weighted by atomic mass is 10.3. The summed E-state index contributed by atoms with van der Waals surface area (Å²) in [5.74, 6) is -0.191. The van der Waals surface area contributed by atoms with Gasteiger partial charge < -0.3 is 17.7 Å². The van der Waals surface area contributed by atoms with Crippen molar-refractivity contribution in [2.75, 3.05) is 16.8 Å². The monoisotopic (exact) mass is 304 g/mol. The number of guanidine groups is 1. The van der Waals surface area contributed by atoms with Crippen molar-refractivity contribution < 1.29 is 21.6 Å². The summed E-state index contributed by atoms with van der Waals surface area (Å²) in [5.41, 5.74) is 1.000. The topological polar surface area (TPSA) is 44.7 Å². The smallest absolute Gasteiger partial charge is 0.255 e. The molecule has 0 bridgehead atoms. The Morgan fingerprint density at radius 3 is 2.43 bits per heavy atom. The van der Waals surface area contributed by atoms with Crippen LogP contribution in [0, 0.1) is 5.82 Å². The lowest BCUT2D eigenvalue weighted by Gasteiger charge is -2.19. The summed E-state index contributed by atoms with van der Waals surface area (Å²) in [5, 5.41) is 2.87. The number of aliphatic imine (C=N–C) groups is 1. The minimum atomic E-state index is -0.387. The van der Waals surface area contributed by atoms with Crippen molar-refractivity contribution in [1.29, 1.82) is 0 Å². The van der Waals surface area contributed by atoms with Gasteiger partial charge in [-0.25, -0.2) is 14.3 Å². The van der Waals surface area contributed by atoms with Crippen molar-refractivity contribution >= 4 is 23.2 Å². The third kappa shape index (κ3) is 3.03. The van der Waals surface area contributed by atoms with E-state index in [9.17, 15) is 9.18 Å². The van der Waals surface area contributed by atoms with Gasteiger partial charge in [0.15, 0.2) is 0 Å². The van der Waals surface area contributed by atoms with Gasteiger partial charge in [-0.1, -0.05) is 30.3 Å². The van der Waals surface area contributed by atoms with Crippen LogP contribution in [-0.4, -0.2) is 18.4 Å². The van der Waals surface area contributed by atoms with Gasteiger partial charge in [-0.2, -0.15) is 0 Å². The van der Waals surface area contributed by atoms with Crippen molar-refractivity contribution in [3.63, 3.8) is 0 Å². The SMILES string of the molecule is O=C1CN=C(Nc2ccccc2F)N1c1ccccc1.[Cl-]. The molecule has 2 aromatic carbocycles. The Balaban J connectivity index is 0.00000161. The largest absolute Gasteiger partial charge is 1.00 e. The molecule has 1 aliphatic rings. The molecule has 6 heteroatoms. The van der Waals surface area contributed by atoms with E-state index in [0.717, 1.165) is 0 Å². The van der Waals surface area contributed by atoms with Crippen LogP contribution in [0.1, 0.15) is 0 Å². The van der Waals surface area contributed by atoms with Crippen LogP contribution >= 0.6 is 0 Å². The fourth-order valence-corrected chi connectivity index (χ4v) is 2.02. The van der Waals surface area contributed by atoms with Crippen molar-refractivity contribution in [2.45, 2.75) is 0 Å². The number of hydrogen-bond acceptors (Lipinski definition) is 3. The second kappa shape index (κ2) is 6.37. The summed E-state index contributed by atoms with van der Waals surface area (Å²) in [4.78, 5) is 17.5. The number of amides is 1. The molecule has 0 aromatic heterocycles. The number of carbonyl (C=O) groups excluding carboxylic acids is 1. The number of carbonyl (C=O) groups is 1. The van der Waals surface area contributed by atoms with Crippen LogP contribution in [0.15, 0.2) is 59.6 Å². The van der Waals surface area contributed by atoms with Gasteiger partial charge in [-0.3, -0.25) is 4.79 Å². The fraction of sp³-hybridized carbons (Fsp3) is 0.0667. The standard InChI is InChI=1S/C15H12FN3O.ClH/c16-12-8-4-5-9-13(12)18-15-17-10-14(20)19(15)11-6-2-1-3-7-11;/h1-9H,10H2,(H,17,18);1H/p-1. The highest BCUT2D eigenvalue weighted by atomic mass is 35.5. The van der Waals surface area contributed by atoms with Gasteiger partial charge in [-0.15, -0.1) is 0 Å². The molecule has 0 saturated heterocycles. The minimum Gasteiger partial charge on any atom is -1.00 e. The maximum atomic E-state index is 13.6. The van der Waals surface area contributed by atoms with Crippen molar-refractivity contribution in [3.05, 3.63) is 60.4 Å². The predicted octanol–water partition coefficient (Wildman–Crippen LogP) is -0.356. The van der Waals surface area contributed by atoms with Gasteiger partial charge in [0, 0.05) is 0 Å². The highest BCUT2D eigenvalue weighted by Gasteiger charge is 2.27. The Kier molecular flexibility index (Phi) is 4.55. The second-order valence-corrected chi connectivity index (χ2v) is 4.31. The summed E-state index contributed by atoms with van der Waals surface area (Å²) in [6.45, 7) is 0.0612. The van der Waals surface area contributed by atoms with E-state index in [1.807, 2.05) is 30.3 Å². The number of rotatable bonds is 2. The molecular weight excluding hydrogens is 293 g/mol. The number of nitrogens with one attached hydrogen (secondary N) is 1. The van der Waals surface area contributed by atoms with E-state index in [0.29, 0.717) is 17.3 Å². The number of hydrogen-bond donors (Lipinski definition) is 1. The Bertz CT molecular complexity index is 676. The van der Waals surface area contributed by atoms with E-state index in [1.165, 1.54) is 11.0 Å². The molecule has 0 unspecified atom stereocenters. The maximum absolute atomic E-state index is 13.6. The van der Waals surface area contributed by atoms with Crippen LogP contribution in [0.2, 0.25) is 0 Å². The summed E-state index contributed by atoms with van der Waals surface area (Å²) < 4.78 is 13.6.